The molecule has 0 spiro atoms. The highest BCUT2D eigenvalue weighted by Crippen LogP contribution is 2.62. The Morgan fingerprint density at radius 2 is 1.71 bits per heavy atom. The standard InChI is InChI=1S/C18H26F4O5S/c19-17(20,18(21,22)28(25)26)3-1-2-4-27-14(23)10-15-6-12-5-13(7-15)9-16(24,8-12)11-15/h12-13,24H,1-11H2,(H,25,26). The van der Waals surface area contributed by atoms with Crippen LogP contribution in [0.25, 0.3) is 0 Å². The van der Waals surface area contributed by atoms with Crippen molar-refractivity contribution in [1.82, 2.24) is 0 Å². The molecule has 0 amide bonds. The highest BCUT2D eigenvalue weighted by Gasteiger charge is 2.60. The molecule has 5 nitrogen and oxygen atoms in total. The number of unbranched alkanes of at least 4 members (excludes halogenated alkanes) is 1. The zero-order valence-corrected chi connectivity index (χ0v) is 16.3. The summed E-state index contributed by atoms with van der Waals surface area (Å²) in [7, 11) is 0. The zero-order valence-electron chi connectivity index (χ0n) is 15.5. The minimum atomic E-state index is -5.01. The van der Waals surface area contributed by atoms with Crippen LogP contribution in [0.2, 0.25) is 0 Å². The highest BCUT2D eigenvalue weighted by molar-refractivity contribution is 7.80. The number of hydrogen-bond donors (Lipinski definition) is 2. The van der Waals surface area contributed by atoms with Crippen LogP contribution < -0.4 is 0 Å². The first-order chi connectivity index (χ1) is 12.9. The number of carbonyl (C=O) groups is 1. The lowest BCUT2D eigenvalue weighted by atomic mass is 9.47. The average molecular weight is 430 g/mol. The topological polar surface area (TPSA) is 83.8 Å². The summed E-state index contributed by atoms with van der Waals surface area (Å²) >= 11 is -3.96. The quantitative estimate of drug-likeness (QED) is 0.251. The summed E-state index contributed by atoms with van der Waals surface area (Å²) in [6.07, 6.45) is 3.53. The van der Waals surface area contributed by atoms with E-state index in [0.717, 1.165) is 32.1 Å². The van der Waals surface area contributed by atoms with E-state index in [-0.39, 0.29) is 31.3 Å². The molecule has 162 valence electrons. The van der Waals surface area contributed by atoms with Gasteiger partial charge in [-0.25, -0.2) is 4.21 Å². The van der Waals surface area contributed by atoms with Crippen molar-refractivity contribution in [3.63, 3.8) is 0 Å². The van der Waals surface area contributed by atoms with E-state index in [0.29, 0.717) is 18.3 Å². The molecule has 0 saturated heterocycles. The maximum Gasteiger partial charge on any atom is 0.406 e. The monoisotopic (exact) mass is 430 g/mol. The van der Waals surface area contributed by atoms with Crippen molar-refractivity contribution in [2.75, 3.05) is 6.61 Å². The first-order valence-corrected chi connectivity index (χ1v) is 10.7. The van der Waals surface area contributed by atoms with Crippen LogP contribution in [0.5, 0.6) is 0 Å². The summed E-state index contributed by atoms with van der Waals surface area (Å²) in [5.74, 6) is -4.20. The van der Waals surface area contributed by atoms with E-state index in [1.807, 2.05) is 0 Å². The Morgan fingerprint density at radius 1 is 1.11 bits per heavy atom. The Morgan fingerprint density at radius 3 is 2.25 bits per heavy atom. The molecule has 4 rings (SSSR count). The first kappa shape index (κ1) is 22.0. The summed E-state index contributed by atoms with van der Waals surface area (Å²) < 4.78 is 76.4. The van der Waals surface area contributed by atoms with Crippen molar-refractivity contribution >= 4 is 17.0 Å². The van der Waals surface area contributed by atoms with Crippen LogP contribution in [-0.4, -0.2) is 43.2 Å². The summed E-state index contributed by atoms with van der Waals surface area (Å²) in [4.78, 5) is 12.2. The SMILES string of the molecule is O=C(CC12CC3CC(CC(O)(C3)C1)C2)OCCCCC(F)(F)C(F)(F)S(=O)O. The maximum atomic E-state index is 13.3. The second kappa shape index (κ2) is 7.50. The molecule has 0 aromatic heterocycles. The second-order valence-electron chi connectivity index (χ2n) is 9.01. The molecule has 0 aromatic carbocycles. The van der Waals surface area contributed by atoms with Crippen molar-refractivity contribution in [1.29, 1.82) is 0 Å². The Balaban J connectivity index is 1.41. The van der Waals surface area contributed by atoms with Gasteiger partial charge in [0.05, 0.1) is 18.6 Å². The van der Waals surface area contributed by atoms with Gasteiger partial charge in [-0.1, -0.05) is 0 Å². The Bertz CT molecular complexity index is 627. The molecule has 0 aromatic rings. The fourth-order valence-corrected chi connectivity index (χ4v) is 6.23. The van der Waals surface area contributed by atoms with Crippen LogP contribution in [0.4, 0.5) is 17.6 Å². The van der Waals surface area contributed by atoms with E-state index < -0.39 is 40.2 Å². The van der Waals surface area contributed by atoms with E-state index in [1.165, 1.54) is 0 Å². The number of halogens is 4. The van der Waals surface area contributed by atoms with Gasteiger partial charge in [-0.2, -0.15) is 17.6 Å². The van der Waals surface area contributed by atoms with Gasteiger partial charge in [0.1, 0.15) is 0 Å². The van der Waals surface area contributed by atoms with E-state index in [2.05, 4.69) is 0 Å². The number of carbonyl (C=O) groups excluding carboxylic acids is 1. The number of rotatable bonds is 9. The van der Waals surface area contributed by atoms with Crippen molar-refractivity contribution < 1.29 is 41.0 Å². The van der Waals surface area contributed by atoms with Crippen molar-refractivity contribution in [3.05, 3.63) is 0 Å². The molecular weight excluding hydrogens is 404 g/mol. The van der Waals surface area contributed by atoms with Gasteiger partial charge in [-0.15, -0.1) is 0 Å². The summed E-state index contributed by atoms with van der Waals surface area (Å²) in [5.41, 5.74) is -0.940. The van der Waals surface area contributed by atoms with Crippen molar-refractivity contribution in [2.45, 2.75) is 81.0 Å². The van der Waals surface area contributed by atoms with Crippen LogP contribution in [0.15, 0.2) is 0 Å². The number of alkyl halides is 4. The van der Waals surface area contributed by atoms with Gasteiger partial charge in [0.2, 0.25) is 11.1 Å². The number of esters is 1. The minimum Gasteiger partial charge on any atom is -0.466 e. The number of hydrogen-bond acceptors (Lipinski definition) is 4. The van der Waals surface area contributed by atoms with Gasteiger partial charge in [0.25, 0.3) is 0 Å². The predicted molar refractivity (Wildman–Crippen MR) is 92.2 cm³/mol. The van der Waals surface area contributed by atoms with E-state index in [4.69, 9.17) is 9.29 Å². The minimum absolute atomic E-state index is 0.0440. The Hall–Kier alpha value is -0.740. The molecule has 3 atom stereocenters. The normalized spacial score (nSPS) is 35.8. The molecular formula is C18H26F4O5S. The highest BCUT2D eigenvalue weighted by atomic mass is 32.2. The van der Waals surface area contributed by atoms with E-state index in [9.17, 15) is 31.7 Å². The van der Waals surface area contributed by atoms with Gasteiger partial charge in [0, 0.05) is 6.42 Å². The van der Waals surface area contributed by atoms with Crippen LogP contribution in [0.3, 0.4) is 0 Å². The molecule has 4 bridgehead atoms. The number of ether oxygens (including phenoxy) is 1. The predicted octanol–water partition coefficient (Wildman–Crippen LogP) is 3.87. The summed E-state index contributed by atoms with van der Waals surface area (Å²) in [6.45, 7) is -0.171. The van der Waals surface area contributed by atoms with Gasteiger partial charge < -0.3 is 14.4 Å². The van der Waals surface area contributed by atoms with Gasteiger partial charge >= 0.3 is 17.1 Å². The van der Waals surface area contributed by atoms with Crippen LogP contribution >= 0.6 is 0 Å². The van der Waals surface area contributed by atoms with Crippen LogP contribution in [0, 0.1) is 17.3 Å². The number of aliphatic hydroxyl groups is 1. The molecule has 0 aliphatic heterocycles. The van der Waals surface area contributed by atoms with Crippen LogP contribution in [-0.2, 0) is 20.6 Å². The zero-order chi connectivity index (χ0) is 20.8. The molecule has 4 saturated carbocycles. The van der Waals surface area contributed by atoms with Gasteiger partial charge in [0.15, 0.2) is 0 Å². The molecule has 4 fully saturated rings. The third kappa shape index (κ3) is 4.38. The Labute approximate surface area is 163 Å². The van der Waals surface area contributed by atoms with E-state index in [1.54, 1.807) is 0 Å². The summed E-state index contributed by atoms with van der Waals surface area (Å²) in [5, 5.41) is 5.67. The van der Waals surface area contributed by atoms with Gasteiger partial charge in [-0.3, -0.25) is 4.79 Å². The van der Waals surface area contributed by atoms with E-state index >= 15 is 0 Å². The average Bonchev–Trinajstić information content (AvgIpc) is 2.51. The molecule has 4 aliphatic carbocycles. The van der Waals surface area contributed by atoms with Gasteiger partial charge in [-0.05, 0) is 68.6 Å². The fourth-order valence-electron chi connectivity index (χ4n) is 5.87. The first-order valence-electron chi connectivity index (χ1n) is 9.61. The van der Waals surface area contributed by atoms with Crippen molar-refractivity contribution in [3.8, 4) is 0 Å². The lowest BCUT2D eigenvalue weighted by molar-refractivity contribution is -0.177. The lowest BCUT2D eigenvalue weighted by Gasteiger charge is -2.60. The molecule has 10 heteroatoms. The maximum absolute atomic E-state index is 13.3. The third-order valence-electron chi connectivity index (χ3n) is 6.46. The molecule has 28 heavy (non-hydrogen) atoms. The largest absolute Gasteiger partial charge is 0.466 e. The van der Waals surface area contributed by atoms with Crippen molar-refractivity contribution in [2.24, 2.45) is 17.3 Å². The molecule has 0 radical (unpaired) electrons. The summed E-state index contributed by atoms with van der Waals surface area (Å²) in [6, 6.07) is 0. The molecule has 2 N–H and O–H groups in total. The molecule has 4 aliphatic rings. The fraction of sp³-hybridized carbons (Fsp3) is 0.944. The molecule has 3 unspecified atom stereocenters. The van der Waals surface area contributed by atoms with Crippen LogP contribution in [0.1, 0.15) is 64.2 Å². The lowest BCUT2D eigenvalue weighted by Crippen LogP contribution is -2.56. The smallest absolute Gasteiger partial charge is 0.406 e. The molecule has 0 heterocycles. The third-order valence-corrected chi connectivity index (χ3v) is 7.20. The Kier molecular flexibility index (Phi) is 5.88. The second-order valence-corrected chi connectivity index (χ2v) is 10.0.